The summed E-state index contributed by atoms with van der Waals surface area (Å²) >= 11 is 3.43. The van der Waals surface area contributed by atoms with Crippen LogP contribution in [0, 0.1) is 6.92 Å². The molecule has 1 aromatic heterocycles. The maximum Gasteiger partial charge on any atom is 0.273 e. The molecule has 20 heavy (non-hydrogen) atoms. The average Bonchev–Trinajstić information content (AvgIpc) is 3.15. The van der Waals surface area contributed by atoms with E-state index in [1.54, 1.807) is 10.9 Å². The lowest BCUT2D eigenvalue weighted by molar-refractivity contribution is 0.0946. The molecular weight excluding hydrogens is 320 g/mol. The highest BCUT2D eigenvalue weighted by atomic mass is 79.9. The molecule has 0 unspecified atom stereocenters. The van der Waals surface area contributed by atoms with Crippen LogP contribution >= 0.6 is 15.9 Å². The minimum absolute atomic E-state index is 0.181. The number of carbonyl (C=O) groups excluding carboxylic acids is 1. The molecule has 1 N–H and O–H groups in total. The molecule has 0 saturated heterocycles. The van der Waals surface area contributed by atoms with E-state index in [-0.39, 0.29) is 5.91 Å². The van der Waals surface area contributed by atoms with Crippen LogP contribution in [0.5, 0.6) is 0 Å². The zero-order valence-corrected chi connectivity index (χ0v) is 12.7. The van der Waals surface area contributed by atoms with Gasteiger partial charge in [0, 0.05) is 11.0 Å². The van der Waals surface area contributed by atoms with Crippen LogP contribution in [0.2, 0.25) is 0 Å². The predicted octanol–water partition coefficient (Wildman–Crippen LogP) is 2.61. The topological polar surface area (TPSA) is 59.8 Å². The highest BCUT2D eigenvalue weighted by Crippen LogP contribution is 2.33. The van der Waals surface area contributed by atoms with Crippen LogP contribution in [0.4, 0.5) is 0 Å². The number of nitrogens with one attached hydrogen (secondary N) is 1. The van der Waals surface area contributed by atoms with Gasteiger partial charge in [-0.2, -0.15) is 0 Å². The molecule has 1 saturated carbocycles. The second-order valence-electron chi connectivity index (χ2n) is 5.07. The summed E-state index contributed by atoms with van der Waals surface area (Å²) in [6.45, 7) is 2.52. The van der Waals surface area contributed by atoms with E-state index in [1.165, 1.54) is 0 Å². The van der Waals surface area contributed by atoms with Gasteiger partial charge in [0.1, 0.15) is 0 Å². The van der Waals surface area contributed by atoms with E-state index in [9.17, 15) is 4.79 Å². The van der Waals surface area contributed by atoms with Crippen molar-refractivity contribution in [2.24, 2.45) is 0 Å². The molecule has 5 nitrogen and oxygen atoms in total. The molecule has 1 fully saturated rings. The van der Waals surface area contributed by atoms with Gasteiger partial charge in [-0.3, -0.25) is 4.79 Å². The molecule has 0 spiro atoms. The molecule has 1 aliphatic carbocycles. The Morgan fingerprint density at radius 2 is 2.30 bits per heavy atom. The van der Waals surface area contributed by atoms with Crippen LogP contribution in [0.25, 0.3) is 0 Å². The Hall–Kier alpha value is -1.69. The maximum atomic E-state index is 12.0. The van der Waals surface area contributed by atoms with E-state index in [2.05, 4.69) is 31.6 Å². The summed E-state index contributed by atoms with van der Waals surface area (Å²) in [4.78, 5) is 12.0. The Labute approximate surface area is 125 Å². The van der Waals surface area contributed by atoms with Gasteiger partial charge >= 0.3 is 0 Å². The van der Waals surface area contributed by atoms with Crippen molar-refractivity contribution >= 4 is 21.8 Å². The Kier molecular flexibility index (Phi) is 3.56. The van der Waals surface area contributed by atoms with Crippen LogP contribution < -0.4 is 5.32 Å². The average molecular weight is 335 g/mol. The minimum atomic E-state index is -0.181. The van der Waals surface area contributed by atoms with E-state index in [0.717, 1.165) is 28.4 Å². The normalized spacial score (nSPS) is 14.3. The molecule has 1 heterocycles. The van der Waals surface area contributed by atoms with Crippen molar-refractivity contribution in [2.45, 2.75) is 32.4 Å². The number of benzene rings is 1. The lowest BCUT2D eigenvalue weighted by Crippen LogP contribution is -2.23. The summed E-state index contributed by atoms with van der Waals surface area (Å²) in [6.07, 6.45) is 3.98. The van der Waals surface area contributed by atoms with Crippen molar-refractivity contribution in [3.05, 3.63) is 45.7 Å². The van der Waals surface area contributed by atoms with E-state index in [1.807, 2.05) is 25.1 Å². The van der Waals surface area contributed by atoms with Gasteiger partial charge in [-0.25, -0.2) is 4.68 Å². The summed E-state index contributed by atoms with van der Waals surface area (Å²) in [6, 6.07) is 6.45. The number of hydrogen-bond acceptors (Lipinski definition) is 3. The van der Waals surface area contributed by atoms with Gasteiger partial charge in [0.05, 0.1) is 12.2 Å². The fraction of sp³-hybridized carbons (Fsp3) is 0.357. The van der Waals surface area contributed by atoms with Crippen LogP contribution in [-0.4, -0.2) is 20.9 Å². The largest absolute Gasteiger partial charge is 0.347 e. The molecule has 1 aromatic carbocycles. The van der Waals surface area contributed by atoms with Crippen molar-refractivity contribution in [1.82, 2.24) is 20.3 Å². The Morgan fingerprint density at radius 3 is 3.00 bits per heavy atom. The molecule has 1 amide bonds. The van der Waals surface area contributed by atoms with E-state index in [4.69, 9.17) is 0 Å². The quantitative estimate of drug-likeness (QED) is 0.934. The first-order valence-electron chi connectivity index (χ1n) is 6.58. The number of rotatable bonds is 4. The van der Waals surface area contributed by atoms with E-state index >= 15 is 0 Å². The molecule has 0 bridgehead atoms. The van der Waals surface area contributed by atoms with Crippen LogP contribution in [0.15, 0.2) is 28.9 Å². The van der Waals surface area contributed by atoms with E-state index < -0.39 is 0 Å². The van der Waals surface area contributed by atoms with Gasteiger partial charge in [-0.15, -0.1) is 5.10 Å². The van der Waals surface area contributed by atoms with Gasteiger partial charge in [0.15, 0.2) is 5.69 Å². The Balaban J connectivity index is 1.63. The maximum absolute atomic E-state index is 12.0. The minimum Gasteiger partial charge on any atom is -0.347 e. The highest BCUT2D eigenvalue weighted by Gasteiger charge is 2.25. The van der Waals surface area contributed by atoms with Crippen molar-refractivity contribution in [3.8, 4) is 0 Å². The molecule has 2 aromatic rings. The van der Waals surface area contributed by atoms with Crippen molar-refractivity contribution in [2.75, 3.05) is 0 Å². The number of carbonyl (C=O) groups is 1. The van der Waals surface area contributed by atoms with Crippen LogP contribution in [0.1, 0.15) is 40.5 Å². The lowest BCUT2D eigenvalue weighted by Gasteiger charge is -2.07. The molecule has 0 radical (unpaired) electrons. The highest BCUT2D eigenvalue weighted by molar-refractivity contribution is 9.10. The van der Waals surface area contributed by atoms with Gasteiger partial charge in [0.2, 0.25) is 0 Å². The van der Waals surface area contributed by atoms with E-state index in [0.29, 0.717) is 18.3 Å². The standard InChI is InChI=1S/C14H15BrN4O/c1-9-6-11(15)3-2-10(9)7-16-14(20)13-8-19(18-17-13)12-4-5-12/h2-3,6,8,12H,4-5,7H2,1H3,(H,16,20). The molecule has 104 valence electrons. The molecule has 3 rings (SSSR count). The van der Waals surface area contributed by atoms with Crippen LogP contribution in [0.3, 0.4) is 0 Å². The van der Waals surface area contributed by atoms with Crippen LogP contribution in [-0.2, 0) is 6.54 Å². The van der Waals surface area contributed by atoms with Crippen molar-refractivity contribution < 1.29 is 4.79 Å². The molecule has 6 heteroatoms. The predicted molar refractivity (Wildman–Crippen MR) is 78.3 cm³/mol. The summed E-state index contributed by atoms with van der Waals surface area (Å²) in [5, 5.41) is 10.8. The summed E-state index contributed by atoms with van der Waals surface area (Å²) in [5.41, 5.74) is 2.61. The first-order chi connectivity index (χ1) is 9.63. The number of halogens is 1. The first-order valence-corrected chi connectivity index (χ1v) is 7.38. The SMILES string of the molecule is Cc1cc(Br)ccc1CNC(=O)c1cn(C2CC2)nn1. The first kappa shape index (κ1) is 13.3. The third-order valence-corrected chi connectivity index (χ3v) is 3.90. The molecule has 0 aliphatic heterocycles. The molecule has 0 atom stereocenters. The summed E-state index contributed by atoms with van der Waals surface area (Å²) in [7, 11) is 0. The number of nitrogens with zero attached hydrogens (tertiary/aromatic N) is 3. The zero-order chi connectivity index (χ0) is 14.1. The molecule has 1 aliphatic rings. The number of amides is 1. The summed E-state index contributed by atoms with van der Waals surface area (Å²) < 4.78 is 2.82. The van der Waals surface area contributed by atoms with Gasteiger partial charge in [0.25, 0.3) is 5.91 Å². The number of hydrogen-bond donors (Lipinski definition) is 1. The second-order valence-corrected chi connectivity index (χ2v) is 5.98. The fourth-order valence-electron chi connectivity index (χ4n) is 2.02. The van der Waals surface area contributed by atoms with Gasteiger partial charge in [-0.1, -0.05) is 27.2 Å². The second kappa shape index (κ2) is 5.36. The van der Waals surface area contributed by atoms with Crippen molar-refractivity contribution in [1.29, 1.82) is 0 Å². The molecular formula is C14H15BrN4O. The fourth-order valence-corrected chi connectivity index (χ4v) is 2.50. The lowest BCUT2D eigenvalue weighted by atomic mass is 10.1. The Bertz CT molecular complexity index is 648. The van der Waals surface area contributed by atoms with Gasteiger partial charge in [-0.05, 0) is 43.0 Å². The monoisotopic (exact) mass is 334 g/mol. The summed E-state index contributed by atoms with van der Waals surface area (Å²) in [5.74, 6) is -0.181. The smallest absolute Gasteiger partial charge is 0.273 e. The third kappa shape index (κ3) is 2.90. The zero-order valence-electron chi connectivity index (χ0n) is 11.1. The number of aryl methyl sites for hydroxylation is 1. The number of aromatic nitrogens is 3. The third-order valence-electron chi connectivity index (χ3n) is 3.41. The Morgan fingerprint density at radius 1 is 1.50 bits per heavy atom. The van der Waals surface area contributed by atoms with Gasteiger partial charge < -0.3 is 5.32 Å². The van der Waals surface area contributed by atoms with Crippen molar-refractivity contribution in [3.63, 3.8) is 0 Å².